The van der Waals surface area contributed by atoms with Crippen LogP contribution in [0.3, 0.4) is 0 Å². The van der Waals surface area contributed by atoms with E-state index < -0.39 is 17.7 Å². The molecule has 7 nitrogen and oxygen atoms in total. The minimum atomic E-state index is -0.777. The average Bonchev–Trinajstić information content (AvgIpc) is 3.41. The highest BCUT2D eigenvalue weighted by atomic mass is 35.5. The Labute approximate surface area is 200 Å². The molecule has 2 heterocycles. The second-order valence-electron chi connectivity index (χ2n) is 7.60. The van der Waals surface area contributed by atoms with E-state index in [-0.39, 0.29) is 16.4 Å². The lowest BCUT2D eigenvalue weighted by atomic mass is 9.95. The summed E-state index contributed by atoms with van der Waals surface area (Å²) in [6.45, 7) is 0.975. The molecule has 1 aliphatic heterocycles. The number of hydrogen-bond donors (Lipinski definition) is 2. The van der Waals surface area contributed by atoms with Crippen molar-refractivity contribution >= 4 is 40.7 Å². The van der Waals surface area contributed by atoms with Crippen LogP contribution in [0.5, 0.6) is 5.75 Å². The molecule has 1 saturated heterocycles. The zero-order valence-corrected chi connectivity index (χ0v) is 19.3. The fraction of sp³-hybridized carbons (Fsp3) is 0.208. The summed E-state index contributed by atoms with van der Waals surface area (Å²) in [5.41, 5.74) is 0.948. The molecule has 0 radical (unpaired) electrons. The van der Waals surface area contributed by atoms with Gasteiger partial charge in [-0.15, -0.1) is 0 Å². The summed E-state index contributed by atoms with van der Waals surface area (Å²) < 4.78 is 7.11. The zero-order chi connectivity index (χ0) is 23.5. The standard InChI is InChI=1S/C24H21Cl2N3O4/c1-33-19-7-6-16(13-18(19)26)22(30)20-21(15-4-2-5-17(25)12-15)29(24(32)23(20)31)10-3-9-28-11-8-27-14-28/h2,4-8,11-14,21H,3,9-10H2,1H3,(H,30,31)/p+1. The smallest absolute Gasteiger partial charge is 0.295 e. The molecule has 9 heteroatoms. The number of aromatic nitrogens is 2. The van der Waals surface area contributed by atoms with Gasteiger partial charge in [-0.2, -0.15) is 0 Å². The van der Waals surface area contributed by atoms with E-state index >= 15 is 0 Å². The third-order valence-corrected chi connectivity index (χ3v) is 6.08. The van der Waals surface area contributed by atoms with Gasteiger partial charge in [-0.1, -0.05) is 35.3 Å². The van der Waals surface area contributed by atoms with Gasteiger partial charge in [0, 0.05) is 23.6 Å². The third-order valence-electron chi connectivity index (χ3n) is 5.55. The second-order valence-corrected chi connectivity index (χ2v) is 8.44. The Morgan fingerprint density at radius 3 is 2.70 bits per heavy atom. The topological polar surface area (TPSA) is 86.5 Å². The molecule has 170 valence electrons. The highest BCUT2D eigenvalue weighted by Gasteiger charge is 2.45. The Morgan fingerprint density at radius 2 is 2.03 bits per heavy atom. The number of aliphatic hydroxyl groups excluding tert-OH is 1. The number of ketones is 1. The number of amides is 1. The molecule has 1 unspecified atom stereocenters. The number of nitrogens with zero attached hydrogens (tertiary/aromatic N) is 2. The normalized spacial score (nSPS) is 17.5. The van der Waals surface area contributed by atoms with Gasteiger partial charge in [-0.05, 0) is 35.9 Å². The van der Waals surface area contributed by atoms with Gasteiger partial charge >= 0.3 is 0 Å². The number of H-pyrrole nitrogens is 1. The van der Waals surface area contributed by atoms with Crippen LogP contribution >= 0.6 is 23.2 Å². The Kier molecular flexibility index (Phi) is 6.72. The van der Waals surface area contributed by atoms with E-state index in [2.05, 4.69) is 4.98 Å². The largest absolute Gasteiger partial charge is 0.507 e. The first-order valence-electron chi connectivity index (χ1n) is 10.3. The Morgan fingerprint density at radius 1 is 1.21 bits per heavy atom. The summed E-state index contributed by atoms with van der Waals surface area (Å²) in [5, 5.41) is 11.9. The summed E-state index contributed by atoms with van der Waals surface area (Å²) in [5.74, 6) is -1.29. The first kappa shape index (κ1) is 22.9. The van der Waals surface area contributed by atoms with Crippen molar-refractivity contribution in [2.45, 2.75) is 19.0 Å². The third kappa shape index (κ3) is 4.60. The number of aliphatic hydroxyl groups is 1. The minimum absolute atomic E-state index is 0.00204. The Balaban J connectivity index is 1.75. The lowest BCUT2D eigenvalue weighted by molar-refractivity contribution is -0.695. The van der Waals surface area contributed by atoms with Crippen molar-refractivity contribution < 1.29 is 24.0 Å². The number of carbonyl (C=O) groups excluding carboxylic acids is 2. The predicted octanol–water partition coefficient (Wildman–Crippen LogP) is 4.13. The van der Waals surface area contributed by atoms with Crippen molar-refractivity contribution in [3.05, 3.63) is 87.9 Å². The number of imidazole rings is 1. The fourth-order valence-corrected chi connectivity index (χ4v) is 4.44. The van der Waals surface area contributed by atoms with Crippen molar-refractivity contribution in [2.75, 3.05) is 13.7 Å². The van der Waals surface area contributed by atoms with Crippen LogP contribution < -0.4 is 9.30 Å². The molecule has 0 bridgehead atoms. The maximum Gasteiger partial charge on any atom is 0.295 e. The molecule has 4 rings (SSSR count). The quantitative estimate of drug-likeness (QED) is 0.227. The van der Waals surface area contributed by atoms with E-state index in [0.29, 0.717) is 41.4 Å². The number of benzene rings is 2. The molecule has 1 amide bonds. The number of likely N-dealkylation sites (tertiary alicyclic amines) is 1. The fourth-order valence-electron chi connectivity index (χ4n) is 3.99. The van der Waals surface area contributed by atoms with Crippen LogP contribution in [0.1, 0.15) is 23.6 Å². The summed E-state index contributed by atoms with van der Waals surface area (Å²) in [7, 11) is 1.48. The van der Waals surface area contributed by atoms with Gasteiger partial charge in [0.15, 0.2) is 0 Å². The number of aromatic amines is 1. The van der Waals surface area contributed by atoms with E-state index in [1.165, 1.54) is 18.1 Å². The second kappa shape index (κ2) is 9.68. The van der Waals surface area contributed by atoms with E-state index in [4.69, 9.17) is 27.9 Å². The number of ether oxygens (including phenoxy) is 1. The van der Waals surface area contributed by atoms with E-state index in [9.17, 15) is 14.7 Å². The van der Waals surface area contributed by atoms with E-state index in [1.54, 1.807) is 42.6 Å². The van der Waals surface area contributed by atoms with Gasteiger partial charge in [0.2, 0.25) is 6.33 Å². The number of hydrogen-bond acceptors (Lipinski definition) is 4. The van der Waals surface area contributed by atoms with Gasteiger partial charge in [-0.3, -0.25) is 14.6 Å². The molecule has 0 saturated carbocycles. The first-order chi connectivity index (χ1) is 15.9. The lowest BCUT2D eigenvalue weighted by Crippen LogP contribution is -2.36. The lowest BCUT2D eigenvalue weighted by Gasteiger charge is -2.25. The Bertz CT molecular complexity index is 1220. The molecule has 33 heavy (non-hydrogen) atoms. The summed E-state index contributed by atoms with van der Waals surface area (Å²) in [6, 6.07) is 10.8. The Hall–Kier alpha value is -3.29. The van der Waals surface area contributed by atoms with Gasteiger partial charge in [0.05, 0.1) is 30.3 Å². The van der Waals surface area contributed by atoms with Crippen LogP contribution in [-0.4, -0.2) is 40.3 Å². The molecule has 0 spiro atoms. The van der Waals surface area contributed by atoms with Gasteiger partial charge in [0.1, 0.15) is 23.9 Å². The van der Waals surface area contributed by atoms with Crippen LogP contribution in [0.2, 0.25) is 10.0 Å². The van der Waals surface area contributed by atoms with Gasteiger partial charge in [0.25, 0.3) is 11.7 Å². The van der Waals surface area contributed by atoms with Crippen LogP contribution in [0, 0.1) is 0 Å². The number of carbonyl (C=O) groups is 2. The SMILES string of the molecule is COc1ccc(/C(O)=C2\C(=O)C(=O)N(CCC[n+]3cc[nH]c3)C2c2cccc(Cl)c2)cc1Cl. The minimum Gasteiger partial charge on any atom is -0.507 e. The number of aryl methyl sites for hydroxylation is 1. The summed E-state index contributed by atoms with van der Waals surface area (Å²) >= 11 is 12.4. The molecule has 2 aromatic carbocycles. The monoisotopic (exact) mass is 486 g/mol. The van der Waals surface area contributed by atoms with E-state index in [0.717, 1.165) is 0 Å². The van der Waals surface area contributed by atoms with Crippen molar-refractivity contribution in [3.8, 4) is 5.75 Å². The molecule has 1 fully saturated rings. The maximum atomic E-state index is 13.1. The van der Waals surface area contributed by atoms with Gasteiger partial charge < -0.3 is 14.7 Å². The number of methoxy groups -OCH3 is 1. The van der Waals surface area contributed by atoms with Crippen LogP contribution in [0.4, 0.5) is 0 Å². The average molecular weight is 487 g/mol. The van der Waals surface area contributed by atoms with Crippen LogP contribution in [-0.2, 0) is 16.1 Å². The first-order valence-corrected chi connectivity index (χ1v) is 11.1. The highest BCUT2D eigenvalue weighted by molar-refractivity contribution is 6.46. The van der Waals surface area contributed by atoms with Crippen LogP contribution in [0.25, 0.3) is 5.76 Å². The number of nitrogens with one attached hydrogen (secondary N) is 1. The molecule has 1 aliphatic rings. The number of halogens is 2. The number of Topliss-reactive ketones (excluding diaryl/α,β-unsaturated/α-hetero) is 1. The van der Waals surface area contributed by atoms with Crippen molar-refractivity contribution in [3.63, 3.8) is 0 Å². The maximum absolute atomic E-state index is 13.1. The van der Waals surface area contributed by atoms with Crippen molar-refractivity contribution in [1.82, 2.24) is 9.88 Å². The molecular formula is C24H22Cl2N3O4+. The summed E-state index contributed by atoms with van der Waals surface area (Å²) in [4.78, 5) is 30.6. The molecule has 0 aliphatic carbocycles. The highest BCUT2D eigenvalue weighted by Crippen LogP contribution is 2.40. The predicted molar refractivity (Wildman–Crippen MR) is 124 cm³/mol. The van der Waals surface area contributed by atoms with Gasteiger partial charge in [-0.25, -0.2) is 4.57 Å². The van der Waals surface area contributed by atoms with Crippen LogP contribution in [0.15, 0.2) is 66.8 Å². The molecule has 1 aromatic heterocycles. The zero-order valence-electron chi connectivity index (χ0n) is 17.8. The van der Waals surface area contributed by atoms with Crippen molar-refractivity contribution in [2.24, 2.45) is 0 Å². The molecule has 2 N–H and O–H groups in total. The molecule has 3 aromatic rings. The molecular weight excluding hydrogens is 465 g/mol. The van der Waals surface area contributed by atoms with E-state index in [1.807, 2.05) is 17.1 Å². The number of rotatable bonds is 7. The summed E-state index contributed by atoms with van der Waals surface area (Å²) in [6.07, 6.45) is 6.12. The molecule has 1 atom stereocenters. The van der Waals surface area contributed by atoms with Crippen molar-refractivity contribution in [1.29, 1.82) is 0 Å².